The molecule has 0 bridgehead atoms. The van der Waals surface area contributed by atoms with E-state index in [0.717, 1.165) is 12.2 Å². The summed E-state index contributed by atoms with van der Waals surface area (Å²) in [6.45, 7) is 0.608. The van der Waals surface area contributed by atoms with Crippen molar-refractivity contribution in [2.24, 2.45) is 7.05 Å². The molecule has 0 aliphatic heterocycles. The molecule has 2 N–H and O–H groups in total. The second-order valence-electron chi connectivity index (χ2n) is 3.84. The van der Waals surface area contributed by atoms with E-state index in [1.807, 2.05) is 17.8 Å². The van der Waals surface area contributed by atoms with Gasteiger partial charge in [0.15, 0.2) is 5.69 Å². The Hall–Kier alpha value is -2.37. The third kappa shape index (κ3) is 2.65. The van der Waals surface area contributed by atoms with Gasteiger partial charge < -0.3 is 15.0 Å². The summed E-state index contributed by atoms with van der Waals surface area (Å²) in [5, 5.41) is 12.0. The molecule has 0 unspecified atom stereocenters. The molecule has 0 atom stereocenters. The second-order valence-corrected chi connectivity index (χ2v) is 3.84. The zero-order valence-electron chi connectivity index (χ0n) is 10.00. The molecule has 2 rings (SSSR count). The van der Waals surface area contributed by atoms with Crippen molar-refractivity contribution in [1.82, 2.24) is 14.5 Å². The number of pyridine rings is 1. The summed E-state index contributed by atoms with van der Waals surface area (Å²) in [6.07, 6.45) is 5.80. The van der Waals surface area contributed by atoms with Crippen molar-refractivity contribution in [3.8, 4) is 0 Å². The van der Waals surface area contributed by atoms with Crippen LogP contribution in [0.1, 0.15) is 16.3 Å². The van der Waals surface area contributed by atoms with Crippen molar-refractivity contribution < 1.29 is 9.90 Å². The highest BCUT2D eigenvalue weighted by Crippen LogP contribution is 2.11. The summed E-state index contributed by atoms with van der Waals surface area (Å²) in [5.74, 6) is -0.0849. The lowest BCUT2D eigenvalue weighted by Gasteiger charge is -2.08. The van der Waals surface area contributed by atoms with Gasteiger partial charge in [0.05, 0.1) is 5.69 Å². The minimum absolute atomic E-state index is 0.0392. The van der Waals surface area contributed by atoms with Gasteiger partial charge in [-0.3, -0.25) is 0 Å². The number of carboxylic acids is 1. The predicted octanol–water partition coefficient (Wildman–Crippen LogP) is 1.17. The fourth-order valence-corrected chi connectivity index (χ4v) is 1.66. The van der Waals surface area contributed by atoms with Gasteiger partial charge in [0, 0.05) is 38.6 Å². The van der Waals surface area contributed by atoms with Crippen LogP contribution in [0.25, 0.3) is 0 Å². The largest absolute Gasteiger partial charge is 0.476 e. The minimum Gasteiger partial charge on any atom is -0.476 e. The Bertz CT molecular complexity index is 551. The number of anilines is 1. The van der Waals surface area contributed by atoms with Crippen molar-refractivity contribution in [1.29, 1.82) is 0 Å². The van der Waals surface area contributed by atoms with Gasteiger partial charge in [0.2, 0.25) is 0 Å². The SMILES string of the molecule is Cn1ccnc1CCNc1cccnc1C(=O)O. The third-order valence-corrected chi connectivity index (χ3v) is 2.60. The first-order valence-corrected chi connectivity index (χ1v) is 5.57. The van der Waals surface area contributed by atoms with Gasteiger partial charge >= 0.3 is 5.97 Å². The van der Waals surface area contributed by atoms with E-state index in [4.69, 9.17) is 5.11 Å². The van der Waals surface area contributed by atoms with E-state index >= 15 is 0 Å². The fraction of sp³-hybridized carbons (Fsp3) is 0.250. The Morgan fingerprint density at radius 3 is 2.94 bits per heavy atom. The van der Waals surface area contributed by atoms with Gasteiger partial charge in [-0.25, -0.2) is 14.8 Å². The van der Waals surface area contributed by atoms with E-state index in [1.54, 1.807) is 18.3 Å². The van der Waals surface area contributed by atoms with Gasteiger partial charge in [-0.1, -0.05) is 0 Å². The normalized spacial score (nSPS) is 10.3. The van der Waals surface area contributed by atoms with Crippen molar-refractivity contribution in [2.75, 3.05) is 11.9 Å². The summed E-state index contributed by atoms with van der Waals surface area (Å²) in [5.41, 5.74) is 0.566. The van der Waals surface area contributed by atoms with Crippen molar-refractivity contribution >= 4 is 11.7 Å². The molecule has 0 radical (unpaired) electrons. The number of hydrogen-bond donors (Lipinski definition) is 2. The summed E-state index contributed by atoms with van der Waals surface area (Å²) in [4.78, 5) is 19.0. The number of aryl methyl sites for hydroxylation is 1. The molecule has 2 aromatic rings. The van der Waals surface area contributed by atoms with Crippen LogP contribution in [0.5, 0.6) is 0 Å². The van der Waals surface area contributed by atoms with Gasteiger partial charge in [-0.05, 0) is 12.1 Å². The molecule has 0 fully saturated rings. The van der Waals surface area contributed by atoms with Crippen molar-refractivity contribution in [3.63, 3.8) is 0 Å². The maximum absolute atomic E-state index is 10.9. The molecule has 0 aliphatic carbocycles. The highest BCUT2D eigenvalue weighted by Gasteiger charge is 2.10. The van der Waals surface area contributed by atoms with E-state index in [-0.39, 0.29) is 5.69 Å². The molecule has 0 saturated heterocycles. The molecule has 0 saturated carbocycles. The standard InChI is InChI=1S/C12H14N4O2/c1-16-8-7-14-10(16)4-6-13-9-3-2-5-15-11(9)12(17)18/h2-3,5,7-8,13H,4,6H2,1H3,(H,17,18). The molecule has 18 heavy (non-hydrogen) atoms. The van der Waals surface area contributed by atoms with Crippen LogP contribution in [0.3, 0.4) is 0 Å². The lowest BCUT2D eigenvalue weighted by atomic mass is 10.3. The Kier molecular flexibility index (Phi) is 3.57. The molecule has 0 amide bonds. The van der Waals surface area contributed by atoms with Gasteiger partial charge in [0.25, 0.3) is 0 Å². The summed E-state index contributed by atoms with van der Waals surface area (Å²) in [6, 6.07) is 3.41. The smallest absolute Gasteiger partial charge is 0.356 e. The van der Waals surface area contributed by atoms with Gasteiger partial charge in [-0.2, -0.15) is 0 Å². The highest BCUT2D eigenvalue weighted by molar-refractivity contribution is 5.91. The Balaban J connectivity index is 1.99. The summed E-state index contributed by atoms with van der Waals surface area (Å²) >= 11 is 0. The number of carboxylic acid groups (broad SMARTS) is 1. The summed E-state index contributed by atoms with van der Waals surface area (Å²) < 4.78 is 1.93. The molecule has 94 valence electrons. The number of nitrogens with zero attached hydrogens (tertiary/aromatic N) is 3. The zero-order chi connectivity index (χ0) is 13.0. The van der Waals surface area contributed by atoms with E-state index in [1.165, 1.54) is 6.20 Å². The molecule has 0 aromatic carbocycles. The first-order valence-electron chi connectivity index (χ1n) is 5.57. The molecule has 2 aromatic heterocycles. The van der Waals surface area contributed by atoms with E-state index in [2.05, 4.69) is 15.3 Å². The van der Waals surface area contributed by atoms with E-state index in [0.29, 0.717) is 12.2 Å². The first-order chi connectivity index (χ1) is 8.68. The third-order valence-electron chi connectivity index (χ3n) is 2.60. The maximum atomic E-state index is 10.9. The lowest BCUT2D eigenvalue weighted by molar-refractivity contribution is 0.0691. The number of nitrogens with one attached hydrogen (secondary N) is 1. The molecule has 0 spiro atoms. The van der Waals surface area contributed by atoms with Gasteiger partial charge in [0.1, 0.15) is 5.82 Å². The fourth-order valence-electron chi connectivity index (χ4n) is 1.66. The Labute approximate surface area is 104 Å². The predicted molar refractivity (Wildman–Crippen MR) is 66.6 cm³/mol. The average Bonchev–Trinajstić information content (AvgIpc) is 2.76. The van der Waals surface area contributed by atoms with E-state index in [9.17, 15) is 4.79 Å². The summed E-state index contributed by atoms with van der Waals surface area (Å²) in [7, 11) is 1.93. The van der Waals surface area contributed by atoms with Crippen LogP contribution in [-0.4, -0.2) is 32.2 Å². The van der Waals surface area contributed by atoms with Crippen LogP contribution in [-0.2, 0) is 13.5 Å². The van der Waals surface area contributed by atoms with Crippen molar-refractivity contribution in [2.45, 2.75) is 6.42 Å². The number of rotatable bonds is 5. The van der Waals surface area contributed by atoms with Gasteiger partial charge in [-0.15, -0.1) is 0 Å². The molecule has 6 nitrogen and oxygen atoms in total. The highest BCUT2D eigenvalue weighted by atomic mass is 16.4. The Morgan fingerprint density at radius 2 is 2.28 bits per heavy atom. The quantitative estimate of drug-likeness (QED) is 0.827. The van der Waals surface area contributed by atoms with Crippen LogP contribution >= 0.6 is 0 Å². The van der Waals surface area contributed by atoms with Crippen LogP contribution in [0.4, 0.5) is 5.69 Å². The lowest BCUT2D eigenvalue weighted by Crippen LogP contribution is -2.12. The number of aromatic nitrogens is 3. The maximum Gasteiger partial charge on any atom is 0.356 e. The molecular weight excluding hydrogens is 232 g/mol. The monoisotopic (exact) mass is 246 g/mol. The number of aromatic carboxylic acids is 1. The van der Waals surface area contributed by atoms with Crippen LogP contribution in [0.2, 0.25) is 0 Å². The Morgan fingerprint density at radius 1 is 1.44 bits per heavy atom. The molecule has 0 aliphatic rings. The average molecular weight is 246 g/mol. The van der Waals surface area contributed by atoms with E-state index < -0.39 is 5.97 Å². The minimum atomic E-state index is -1.03. The topological polar surface area (TPSA) is 80.0 Å². The number of carbonyl (C=O) groups is 1. The first kappa shape index (κ1) is 12.1. The van der Waals surface area contributed by atoms with Crippen molar-refractivity contribution in [3.05, 3.63) is 42.2 Å². The number of imidazole rings is 1. The zero-order valence-corrected chi connectivity index (χ0v) is 10.00. The van der Waals surface area contributed by atoms with Crippen LogP contribution in [0.15, 0.2) is 30.7 Å². The van der Waals surface area contributed by atoms with Crippen LogP contribution in [0, 0.1) is 0 Å². The number of hydrogen-bond acceptors (Lipinski definition) is 4. The van der Waals surface area contributed by atoms with Crippen LogP contribution < -0.4 is 5.32 Å². The second kappa shape index (κ2) is 5.31. The molecular formula is C12H14N4O2. The molecule has 6 heteroatoms. The molecule has 2 heterocycles.